The van der Waals surface area contributed by atoms with E-state index in [4.69, 9.17) is 4.84 Å². The summed E-state index contributed by atoms with van der Waals surface area (Å²) in [6, 6.07) is 0. The molecule has 0 saturated carbocycles. The van der Waals surface area contributed by atoms with Gasteiger partial charge >= 0.3 is 5.97 Å². The van der Waals surface area contributed by atoms with Crippen LogP contribution in [-0.4, -0.2) is 36.4 Å². The monoisotopic (exact) mass is 312 g/mol. The molecule has 126 valence electrons. The second-order valence-corrected chi connectivity index (χ2v) is 5.78. The summed E-state index contributed by atoms with van der Waals surface area (Å²) in [6.45, 7) is 2.87. The number of hydroxylamine groups is 2. The van der Waals surface area contributed by atoms with E-state index in [0.29, 0.717) is 18.0 Å². The summed E-state index contributed by atoms with van der Waals surface area (Å²) in [7, 11) is 1.83. The lowest BCUT2D eigenvalue weighted by molar-refractivity contribution is -0.201. The van der Waals surface area contributed by atoms with Gasteiger partial charge in [-0.1, -0.05) is 39.0 Å². The molecule has 1 unspecified atom stereocenters. The molecular formula is C16H28N2O4. The number of hydrogen-bond acceptors (Lipinski definition) is 5. The van der Waals surface area contributed by atoms with E-state index >= 15 is 0 Å². The molecule has 22 heavy (non-hydrogen) atoms. The van der Waals surface area contributed by atoms with Gasteiger partial charge in [0.25, 0.3) is 11.8 Å². The Morgan fingerprint density at radius 3 is 2.36 bits per heavy atom. The van der Waals surface area contributed by atoms with Crippen LogP contribution in [0.5, 0.6) is 0 Å². The number of carbonyl (C=O) groups excluding carboxylic acids is 3. The predicted molar refractivity (Wildman–Crippen MR) is 82.6 cm³/mol. The quantitative estimate of drug-likeness (QED) is 0.467. The van der Waals surface area contributed by atoms with E-state index in [-0.39, 0.29) is 18.8 Å². The fourth-order valence-corrected chi connectivity index (χ4v) is 2.52. The highest BCUT2D eigenvalue weighted by Crippen LogP contribution is 2.19. The minimum Gasteiger partial charge on any atom is -0.330 e. The number of nitrogens with one attached hydrogen (secondary N) is 1. The van der Waals surface area contributed by atoms with Gasteiger partial charge in [0.2, 0.25) is 0 Å². The van der Waals surface area contributed by atoms with Gasteiger partial charge in [-0.3, -0.25) is 9.59 Å². The van der Waals surface area contributed by atoms with Crippen molar-refractivity contribution in [1.29, 1.82) is 0 Å². The van der Waals surface area contributed by atoms with Crippen molar-refractivity contribution in [2.24, 2.45) is 5.92 Å². The standard InChI is InChI=1S/C16H28N2O4/c1-3-4-5-6-7-8-13(11-12-17-2)16(21)22-18-14(19)9-10-15(18)20/h13,17H,3-12H2,1-2H3. The SMILES string of the molecule is CCCCCCCC(CCNC)C(=O)ON1C(=O)CCC1=O. The number of imide groups is 1. The molecule has 6 heteroatoms. The smallest absolute Gasteiger partial charge is 0.330 e. The average Bonchev–Trinajstić information content (AvgIpc) is 2.81. The van der Waals surface area contributed by atoms with Crippen molar-refractivity contribution in [2.45, 2.75) is 64.7 Å². The van der Waals surface area contributed by atoms with Crippen LogP contribution in [0, 0.1) is 5.92 Å². The number of nitrogens with zero attached hydrogens (tertiary/aromatic N) is 1. The summed E-state index contributed by atoms with van der Waals surface area (Å²) in [5.74, 6) is -1.58. The highest BCUT2D eigenvalue weighted by Gasteiger charge is 2.34. The van der Waals surface area contributed by atoms with Gasteiger partial charge in [0.15, 0.2) is 0 Å². The van der Waals surface area contributed by atoms with Crippen molar-refractivity contribution in [3.05, 3.63) is 0 Å². The van der Waals surface area contributed by atoms with Crippen molar-refractivity contribution in [3.63, 3.8) is 0 Å². The first-order valence-corrected chi connectivity index (χ1v) is 8.32. The summed E-state index contributed by atoms with van der Waals surface area (Å²) in [5.41, 5.74) is 0. The second kappa shape index (κ2) is 10.3. The molecule has 1 rings (SSSR count). The lowest BCUT2D eigenvalue weighted by atomic mass is 9.97. The van der Waals surface area contributed by atoms with Crippen LogP contribution >= 0.6 is 0 Å². The summed E-state index contributed by atoms with van der Waals surface area (Å²) in [5, 5.41) is 3.66. The Morgan fingerprint density at radius 1 is 1.14 bits per heavy atom. The molecule has 6 nitrogen and oxygen atoms in total. The molecule has 0 aliphatic carbocycles. The molecule has 2 amide bonds. The van der Waals surface area contributed by atoms with Crippen LogP contribution in [0.3, 0.4) is 0 Å². The van der Waals surface area contributed by atoms with Crippen LogP contribution in [0.2, 0.25) is 0 Å². The Bertz CT molecular complexity index is 368. The van der Waals surface area contributed by atoms with Gasteiger partial charge in [-0.25, -0.2) is 4.79 Å². The lowest BCUT2D eigenvalue weighted by Gasteiger charge is -2.19. The third-order valence-electron chi connectivity index (χ3n) is 3.92. The third kappa shape index (κ3) is 6.13. The Hall–Kier alpha value is -1.43. The van der Waals surface area contributed by atoms with Crippen molar-refractivity contribution >= 4 is 17.8 Å². The maximum absolute atomic E-state index is 12.2. The zero-order valence-corrected chi connectivity index (χ0v) is 13.7. The number of unbranched alkanes of at least 4 members (excludes halogenated alkanes) is 4. The van der Waals surface area contributed by atoms with Crippen LogP contribution in [-0.2, 0) is 19.2 Å². The van der Waals surface area contributed by atoms with Crippen molar-refractivity contribution in [3.8, 4) is 0 Å². The molecule has 1 heterocycles. The summed E-state index contributed by atoms with van der Waals surface area (Å²) in [6.07, 6.45) is 7.28. The first kappa shape index (κ1) is 18.6. The summed E-state index contributed by atoms with van der Waals surface area (Å²) < 4.78 is 0. The second-order valence-electron chi connectivity index (χ2n) is 5.78. The number of hydrogen-bond donors (Lipinski definition) is 1. The summed E-state index contributed by atoms with van der Waals surface area (Å²) >= 11 is 0. The first-order valence-electron chi connectivity index (χ1n) is 8.32. The Morgan fingerprint density at radius 2 is 1.77 bits per heavy atom. The Kier molecular flexibility index (Phi) is 8.74. The van der Waals surface area contributed by atoms with Crippen LogP contribution in [0.4, 0.5) is 0 Å². The van der Waals surface area contributed by atoms with Gasteiger partial charge in [0, 0.05) is 12.8 Å². The highest BCUT2D eigenvalue weighted by atomic mass is 16.7. The average molecular weight is 312 g/mol. The Labute approximate surface area is 132 Å². The van der Waals surface area contributed by atoms with E-state index < -0.39 is 17.8 Å². The molecule has 0 bridgehead atoms. The molecule has 1 saturated heterocycles. The number of amides is 2. The van der Waals surface area contributed by atoms with Gasteiger partial charge < -0.3 is 10.2 Å². The zero-order chi connectivity index (χ0) is 16.4. The van der Waals surface area contributed by atoms with Gasteiger partial charge in [0.1, 0.15) is 0 Å². The maximum atomic E-state index is 12.2. The van der Waals surface area contributed by atoms with Gasteiger partial charge in [0.05, 0.1) is 5.92 Å². The molecule has 0 radical (unpaired) electrons. The fourth-order valence-electron chi connectivity index (χ4n) is 2.52. The third-order valence-corrected chi connectivity index (χ3v) is 3.92. The Balaban J connectivity index is 2.45. The largest absolute Gasteiger partial charge is 0.336 e. The molecule has 0 aromatic carbocycles. The molecule has 1 fully saturated rings. The molecule has 0 aromatic rings. The molecule has 1 atom stereocenters. The number of rotatable bonds is 11. The molecule has 1 aliphatic heterocycles. The molecule has 1 aliphatic rings. The van der Waals surface area contributed by atoms with Crippen LogP contribution in [0.15, 0.2) is 0 Å². The number of carbonyl (C=O) groups is 3. The van der Waals surface area contributed by atoms with Crippen molar-refractivity contribution in [2.75, 3.05) is 13.6 Å². The molecule has 1 N–H and O–H groups in total. The highest BCUT2D eigenvalue weighted by molar-refractivity contribution is 6.01. The first-order chi connectivity index (χ1) is 10.6. The van der Waals surface area contributed by atoms with E-state index in [0.717, 1.165) is 19.3 Å². The molecular weight excluding hydrogens is 284 g/mol. The predicted octanol–water partition coefficient (Wildman–Crippen LogP) is 2.18. The molecule has 0 aromatic heterocycles. The topological polar surface area (TPSA) is 75.7 Å². The van der Waals surface area contributed by atoms with Crippen LogP contribution in [0.1, 0.15) is 64.7 Å². The van der Waals surface area contributed by atoms with E-state index in [1.54, 1.807) is 0 Å². The van der Waals surface area contributed by atoms with Crippen molar-refractivity contribution < 1.29 is 19.2 Å². The minimum absolute atomic E-state index is 0.129. The van der Waals surface area contributed by atoms with Crippen LogP contribution in [0.25, 0.3) is 0 Å². The minimum atomic E-state index is -0.464. The zero-order valence-electron chi connectivity index (χ0n) is 13.7. The van der Waals surface area contributed by atoms with Gasteiger partial charge in [-0.05, 0) is 26.4 Å². The van der Waals surface area contributed by atoms with E-state index in [2.05, 4.69) is 12.2 Å². The van der Waals surface area contributed by atoms with Gasteiger partial charge in [-0.2, -0.15) is 0 Å². The normalized spacial score (nSPS) is 16.2. The summed E-state index contributed by atoms with van der Waals surface area (Å²) in [4.78, 5) is 40.3. The molecule has 0 spiro atoms. The fraction of sp³-hybridized carbons (Fsp3) is 0.812. The van der Waals surface area contributed by atoms with Crippen LogP contribution < -0.4 is 5.32 Å². The maximum Gasteiger partial charge on any atom is 0.336 e. The van der Waals surface area contributed by atoms with Gasteiger partial charge in [-0.15, -0.1) is 5.06 Å². The van der Waals surface area contributed by atoms with E-state index in [1.165, 1.54) is 19.3 Å². The lowest BCUT2D eigenvalue weighted by Crippen LogP contribution is -2.35. The van der Waals surface area contributed by atoms with E-state index in [1.807, 2.05) is 7.05 Å². The van der Waals surface area contributed by atoms with Crippen molar-refractivity contribution in [1.82, 2.24) is 10.4 Å². The van der Waals surface area contributed by atoms with E-state index in [9.17, 15) is 14.4 Å².